The lowest BCUT2D eigenvalue weighted by atomic mass is 9.82. The number of thiazole rings is 1. The first-order chi connectivity index (χ1) is 17.0. The van der Waals surface area contributed by atoms with Crippen LogP contribution in [-0.4, -0.2) is 59.4 Å². The standard InChI is InChI=1S/C27H27N3O4S/c31-22(19-7-3-1-4-8-19)17-30-14-11-20(12-15-30)23(18-30)34-27(33)24(21-9-5-2-6-10-21)29-25(32)26-28-13-16-35-26/h1-10,13,16,20,23-24H,11-12,14-15,17-18H2/p+1/t20?,23-,24?,30?/m0/s1. The van der Waals surface area contributed by atoms with Gasteiger partial charge < -0.3 is 14.5 Å². The van der Waals surface area contributed by atoms with E-state index in [1.165, 1.54) is 11.3 Å². The molecule has 3 fully saturated rings. The van der Waals surface area contributed by atoms with Crippen LogP contribution in [-0.2, 0) is 9.53 Å². The summed E-state index contributed by atoms with van der Waals surface area (Å²) in [5.74, 6) is -0.491. The van der Waals surface area contributed by atoms with Crippen molar-refractivity contribution >= 4 is 29.0 Å². The molecule has 3 saturated heterocycles. The van der Waals surface area contributed by atoms with E-state index in [-0.39, 0.29) is 17.8 Å². The van der Waals surface area contributed by atoms with Crippen LogP contribution in [0.5, 0.6) is 0 Å². The third-order valence-electron chi connectivity index (χ3n) is 7.15. The SMILES string of the molecule is O=C(C[N+]12CCC(CC1)[C@@H](OC(=O)C(NC(=O)c1nccs1)c1ccccc1)C2)c1ccccc1. The highest BCUT2D eigenvalue weighted by Crippen LogP contribution is 2.36. The average molecular weight is 491 g/mol. The number of aromatic nitrogens is 1. The number of amides is 1. The fourth-order valence-corrected chi connectivity index (χ4v) is 5.80. The number of fused-ring (bicyclic) bond motifs is 3. The van der Waals surface area contributed by atoms with E-state index in [0.29, 0.717) is 28.1 Å². The molecule has 1 aromatic heterocycles. The molecule has 6 rings (SSSR count). The van der Waals surface area contributed by atoms with Crippen molar-refractivity contribution in [1.82, 2.24) is 10.3 Å². The number of hydrogen-bond donors (Lipinski definition) is 1. The minimum Gasteiger partial charge on any atom is -0.454 e. The Morgan fingerprint density at radius 1 is 1.03 bits per heavy atom. The number of carbonyl (C=O) groups is 3. The van der Waals surface area contributed by atoms with Gasteiger partial charge in [-0.1, -0.05) is 60.7 Å². The molecule has 1 amide bonds. The molecule has 1 N–H and O–H groups in total. The summed E-state index contributed by atoms with van der Waals surface area (Å²) in [6, 6.07) is 17.6. The molecule has 35 heavy (non-hydrogen) atoms. The normalized spacial score (nSPS) is 23.9. The van der Waals surface area contributed by atoms with Gasteiger partial charge in [-0.25, -0.2) is 9.78 Å². The van der Waals surface area contributed by atoms with E-state index < -0.39 is 17.9 Å². The van der Waals surface area contributed by atoms with E-state index in [1.807, 2.05) is 48.5 Å². The molecule has 4 heterocycles. The van der Waals surface area contributed by atoms with E-state index >= 15 is 0 Å². The van der Waals surface area contributed by atoms with Crippen LogP contribution in [0.15, 0.2) is 72.2 Å². The topological polar surface area (TPSA) is 85.4 Å². The number of hydrogen-bond acceptors (Lipinski definition) is 6. The van der Waals surface area contributed by atoms with Crippen molar-refractivity contribution < 1.29 is 23.6 Å². The average Bonchev–Trinajstić information content (AvgIpc) is 3.44. The minimum atomic E-state index is -0.928. The Hall–Kier alpha value is -3.36. The summed E-state index contributed by atoms with van der Waals surface area (Å²) in [4.78, 5) is 43.1. The Kier molecular flexibility index (Phi) is 6.74. The molecule has 2 bridgehead atoms. The van der Waals surface area contributed by atoms with Gasteiger partial charge in [0.25, 0.3) is 5.91 Å². The highest BCUT2D eigenvalue weighted by Gasteiger charge is 2.49. The van der Waals surface area contributed by atoms with Gasteiger partial charge >= 0.3 is 5.97 Å². The molecular formula is C27H28N3O4S+. The van der Waals surface area contributed by atoms with Crippen molar-refractivity contribution in [3.05, 3.63) is 88.4 Å². The largest absolute Gasteiger partial charge is 0.454 e. The number of ether oxygens (including phenoxy) is 1. The molecule has 1 unspecified atom stereocenters. The van der Waals surface area contributed by atoms with Gasteiger partial charge in [0.2, 0.25) is 5.78 Å². The number of Topliss-reactive ketones (excluding diaryl/α,β-unsaturated/α-hetero) is 1. The van der Waals surface area contributed by atoms with Crippen LogP contribution >= 0.6 is 11.3 Å². The number of piperidine rings is 3. The second-order valence-electron chi connectivity index (χ2n) is 9.39. The maximum absolute atomic E-state index is 13.4. The van der Waals surface area contributed by atoms with Crippen LogP contribution in [0.2, 0.25) is 0 Å². The fourth-order valence-electron chi connectivity index (χ4n) is 5.27. The Morgan fingerprint density at radius 3 is 2.37 bits per heavy atom. The zero-order valence-electron chi connectivity index (χ0n) is 19.3. The first-order valence-corrected chi connectivity index (χ1v) is 12.8. The molecule has 7 nitrogen and oxygen atoms in total. The molecule has 3 aliphatic heterocycles. The van der Waals surface area contributed by atoms with Crippen LogP contribution in [0.3, 0.4) is 0 Å². The lowest BCUT2D eigenvalue weighted by molar-refractivity contribution is -0.938. The molecule has 0 spiro atoms. The van der Waals surface area contributed by atoms with Crippen LogP contribution in [0, 0.1) is 5.92 Å². The Balaban J connectivity index is 1.30. The highest BCUT2D eigenvalue weighted by molar-refractivity contribution is 7.11. The quantitative estimate of drug-likeness (QED) is 0.296. The molecule has 0 aliphatic carbocycles. The minimum absolute atomic E-state index is 0.119. The predicted molar refractivity (Wildman–Crippen MR) is 132 cm³/mol. The first-order valence-electron chi connectivity index (χ1n) is 11.9. The van der Waals surface area contributed by atoms with Gasteiger partial charge in [0.05, 0.1) is 13.1 Å². The van der Waals surface area contributed by atoms with E-state index in [2.05, 4.69) is 10.3 Å². The lowest BCUT2D eigenvalue weighted by Crippen LogP contribution is -2.66. The zero-order chi connectivity index (χ0) is 24.3. The molecule has 2 atom stereocenters. The lowest BCUT2D eigenvalue weighted by Gasteiger charge is -2.51. The van der Waals surface area contributed by atoms with Crippen molar-refractivity contribution in [3.8, 4) is 0 Å². The summed E-state index contributed by atoms with van der Waals surface area (Å²) in [5, 5.41) is 4.82. The van der Waals surface area contributed by atoms with E-state index in [0.717, 1.165) is 31.5 Å². The second kappa shape index (κ2) is 10.1. The van der Waals surface area contributed by atoms with Crippen molar-refractivity contribution in [2.45, 2.75) is 25.0 Å². The summed E-state index contributed by atoms with van der Waals surface area (Å²) in [5.41, 5.74) is 1.38. The van der Waals surface area contributed by atoms with Crippen molar-refractivity contribution in [2.75, 3.05) is 26.2 Å². The monoisotopic (exact) mass is 490 g/mol. The van der Waals surface area contributed by atoms with Crippen molar-refractivity contribution in [2.24, 2.45) is 5.92 Å². The molecule has 2 aromatic carbocycles. The van der Waals surface area contributed by atoms with Gasteiger partial charge in [-0.05, 0) is 5.56 Å². The Morgan fingerprint density at radius 2 is 1.71 bits per heavy atom. The molecule has 0 saturated carbocycles. The summed E-state index contributed by atoms with van der Waals surface area (Å²) in [6.45, 7) is 2.87. The molecule has 8 heteroatoms. The zero-order valence-corrected chi connectivity index (χ0v) is 20.2. The van der Waals surface area contributed by atoms with E-state index in [1.54, 1.807) is 23.7 Å². The second-order valence-corrected chi connectivity index (χ2v) is 10.3. The van der Waals surface area contributed by atoms with Crippen molar-refractivity contribution in [1.29, 1.82) is 0 Å². The van der Waals surface area contributed by atoms with Crippen LogP contribution < -0.4 is 5.32 Å². The van der Waals surface area contributed by atoms with Gasteiger partial charge in [0.1, 0.15) is 13.1 Å². The van der Waals surface area contributed by atoms with Gasteiger partial charge in [-0.2, -0.15) is 0 Å². The Labute approximate surface area is 208 Å². The van der Waals surface area contributed by atoms with E-state index in [9.17, 15) is 14.4 Å². The molecule has 0 radical (unpaired) electrons. The van der Waals surface area contributed by atoms with Crippen LogP contribution in [0.1, 0.15) is 44.6 Å². The maximum Gasteiger partial charge on any atom is 0.333 e. The third kappa shape index (κ3) is 5.18. The summed E-state index contributed by atoms with van der Waals surface area (Å²) in [6.07, 6.45) is 3.11. The number of nitrogens with one attached hydrogen (secondary N) is 1. The van der Waals surface area contributed by atoms with Gasteiger partial charge in [0, 0.05) is 35.9 Å². The number of nitrogens with zero attached hydrogens (tertiary/aromatic N) is 2. The predicted octanol–water partition coefficient (Wildman–Crippen LogP) is 3.65. The number of esters is 1. The van der Waals surface area contributed by atoms with Crippen LogP contribution in [0.4, 0.5) is 0 Å². The molecule has 3 aromatic rings. The highest BCUT2D eigenvalue weighted by atomic mass is 32.1. The molecule has 3 aliphatic rings. The van der Waals surface area contributed by atoms with Gasteiger partial charge in [-0.15, -0.1) is 11.3 Å². The first kappa shape index (κ1) is 23.4. The summed E-state index contributed by atoms with van der Waals surface area (Å²) >= 11 is 1.22. The Bertz CT molecular complexity index is 1180. The fraction of sp³-hybridized carbons (Fsp3) is 0.333. The maximum atomic E-state index is 13.4. The number of benzene rings is 2. The van der Waals surface area contributed by atoms with Crippen LogP contribution in [0.25, 0.3) is 0 Å². The number of quaternary nitrogens is 1. The molecular weight excluding hydrogens is 462 g/mol. The smallest absolute Gasteiger partial charge is 0.333 e. The van der Waals surface area contributed by atoms with Crippen molar-refractivity contribution in [3.63, 3.8) is 0 Å². The number of carbonyl (C=O) groups excluding carboxylic acids is 3. The van der Waals surface area contributed by atoms with E-state index in [4.69, 9.17) is 4.74 Å². The summed E-state index contributed by atoms with van der Waals surface area (Å²) in [7, 11) is 0. The molecule has 180 valence electrons. The third-order valence-corrected chi connectivity index (χ3v) is 7.93. The van der Waals surface area contributed by atoms with Gasteiger partial charge in [-0.3, -0.25) is 9.59 Å². The number of ketones is 1. The number of rotatable bonds is 8. The summed E-state index contributed by atoms with van der Waals surface area (Å²) < 4.78 is 6.72. The van der Waals surface area contributed by atoms with Gasteiger partial charge in [0.15, 0.2) is 17.2 Å².